The van der Waals surface area contributed by atoms with Gasteiger partial charge in [-0.1, -0.05) is 44.2 Å². The summed E-state index contributed by atoms with van der Waals surface area (Å²) in [4.78, 5) is 0. The van der Waals surface area contributed by atoms with Crippen LogP contribution in [0.1, 0.15) is 25.3 Å². The molecule has 0 radical (unpaired) electrons. The lowest BCUT2D eigenvalue weighted by atomic mass is 10.0. The Morgan fingerprint density at radius 3 is 2.46 bits per heavy atom. The molecule has 0 aliphatic heterocycles. The Morgan fingerprint density at radius 2 is 1.62 bits per heavy atom. The minimum atomic E-state index is 0.527. The molecule has 0 aliphatic rings. The zero-order chi connectivity index (χ0) is 16.4. The molecule has 118 valence electrons. The molecule has 5 rings (SSSR count). The van der Waals surface area contributed by atoms with Gasteiger partial charge in [0.15, 0.2) is 0 Å². The summed E-state index contributed by atoms with van der Waals surface area (Å²) >= 11 is 0. The van der Waals surface area contributed by atoms with Crippen molar-refractivity contribution in [1.29, 1.82) is 0 Å². The second kappa shape index (κ2) is 4.64. The van der Waals surface area contributed by atoms with Gasteiger partial charge in [-0.2, -0.15) is 0 Å². The zero-order valence-corrected chi connectivity index (χ0v) is 14.1. The standard InChI is InChI=1S/C22H19NO/c1-13(2)14-8-9-17-19(12-14)23(3)18-11-10-16-15-6-4-5-7-20(15)24-22(16)21(17)18/h4-13H,1-3H3. The summed E-state index contributed by atoms with van der Waals surface area (Å²) in [5, 5.41) is 4.86. The Bertz CT molecular complexity index is 1240. The predicted molar refractivity (Wildman–Crippen MR) is 102 cm³/mol. The number of furan rings is 1. The second-order valence-electron chi connectivity index (χ2n) is 6.92. The molecular formula is C22H19NO. The van der Waals surface area contributed by atoms with Crippen molar-refractivity contribution < 1.29 is 4.42 Å². The summed E-state index contributed by atoms with van der Waals surface area (Å²) < 4.78 is 8.53. The molecule has 2 nitrogen and oxygen atoms in total. The van der Waals surface area contributed by atoms with E-state index < -0.39 is 0 Å². The Hall–Kier alpha value is -2.74. The van der Waals surface area contributed by atoms with E-state index in [2.05, 4.69) is 67.9 Å². The van der Waals surface area contributed by atoms with Crippen molar-refractivity contribution in [2.75, 3.05) is 0 Å². The molecule has 0 unspecified atom stereocenters. The number of aryl methyl sites for hydroxylation is 1. The summed E-state index contributed by atoms with van der Waals surface area (Å²) in [6.45, 7) is 4.47. The molecular weight excluding hydrogens is 294 g/mol. The Balaban J connectivity index is 2.01. The molecule has 0 atom stereocenters. The molecule has 0 saturated carbocycles. The summed E-state index contributed by atoms with van der Waals surface area (Å²) in [5.41, 5.74) is 5.81. The molecule has 0 bridgehead atoms. The zero-order valence-electron chi connectivity index (χ0n) is 14.1. The third kappa shape index (κ3) is 1.66. The molecule has 0 N–H and O–H groups in total. The fourth-order valence-corrected chi connectivity index (χ4v) is 3.84. The third-order valence-electron chi connectivity index (χ3n) is 5.21. The maximum absolute atomic E-state index is 6.25. The first-order valence-electron chi connectivity index (χ1n) is 8.47. The maximum Gasteiger partial charge on any atom is 0.145 e. The van der Waals surface area contributed by atoms with Crippen LogP contribution in [-0.2, 0) is 7.05 Å². The molecule has 0 spiro atoms. The predicted octanol–water partition coefficient (Wildman–Crippen LogP) is 6.35. The fraction of sp³-hybridized carbons (Fsp3) is 0.182. The molecule has 3 aromatic carbocycles. The number of fused-ring (bicyclic) bond motifs is 7. The summed E-state index contributed by atoms with van der Waals surface area (Å²) in [6.07, 6.45) is 0. The van der Waals surface area contributed by atoms with Gasteiger partial charge in [-0.3, -0.25) is 0 Å². The smallest absolute Gasteiger partial charge is 0.145 e. The molecule has 0 amide bonds. The van der Waals surface area contributed by atoms with Gasteiger partial charge >= 0.3 is 0 Å². The van der Waals surface area contributed by atoms with Crippen molar-refractivity contribution in [3.05, 3.63) is 60.2 Å². The van der Waals surface area contributed by atoms with Crippen LogP contribution >= 0.6 is 0 Å². The van der Waals surface area contributed by atoms with E-state index in [0.29, 0.717) is 5.92 Å². The first-order valence-corrected chi connectivity index (χ1v) is 8.47. The number of rotatable bonds is 1. The highest BCUT2D eigenvalue weighted by molar-refractivity contribution is 6.23. The maximum atomic E-state index is 6.25. The second-order valence-corrected chi connectivity index (χ2v) is 6.92. The number of para-hydroxylation sites is 1. The Kier molecular flexibility index (Phi) is 2.64. The van der Waals surface area contributed by atoms with Crippen molar-refractivity contribution in [3.63, 3.8) is 0 Å². The normalized spacial score (nSPS) is 12.3. The number of hydrogen-bond acceptors (Lipinski definition) is 1. The van der Waals surface area contributed by atoms with Crippen LogP contribution in [0.4, 0.5) is 0 Å². The van der Waals surface area contributed by atoms with E-state index in [4.69, 9.17) is 4.42 Å². The highest BCUT2D eigenvalue weighted by Crippen LogP contribution is 2.39. The van der Waals surface area contributed by atoms with Crippen molar-refractivity contribution in [2.24, 2.45) is 7.05 Å². The molecule has 2 heteroatoms. The van der Waals surface area contributed by atoms with E-state index in [1.54, 1.807) is 0 Å². The average Bonchev–Trinajstić information content (AvgIpc) is 3.11. The minimum Gasteiger partial charge on any atom is -0.455 e. The molecule has 5 aromatic rings. The monoisotopic (exact) mass is 313 g/mol. The van der Waals surface area contributed by atoms with E-state index in [1.165, 1.54) is 38.1 Å². The van der Waals surface area contributed by atoms with Crippen LogP contribution in [0.25, 0.3) is 43.7 Å². The van der Waals surface area contributed by atoms with Crippen LogP contribution in [0.5, 0.6) is 0 Å². The molecule has 0 aliphatic carbocycles. The van der Waals surface area contributed by atoms with Gasteiger partial charge in [-0.25, -0.2) is 0 Å². The summed E-state index contributed by atoms with van der Waals surface area (Å²) in [7, 11) is 2.14. The largest absolute Gasteiger partial charge is 0.455 e. The SMILES string of the molecule is CC(C)c1ccc2c3c4oc5ccccc5c4ccc3n(C)c2c1. The van der Waals surface area contributed by atoms with Crippen molar-refractivity contribution in [2.45, 2.75) is 19.8 Å². The Morgan fingerprint density at radius 1 is 0.833 bits per heavy atom. The van der Waals surface area contributed by atoms with Crippen molar-refractivity contribution in [3.8, 4) is 0 Å². The van der Waals surface area contributed by atoms with Crippen LogP contribution in [0, 0.1) is 0 Å². The van der Waals surface area contributed by atoms with Crippen molar-refractivity contribution >= 4 is 43.7 Å². The highest BCUT2D eigenvalue weighted by Gasteiger charge is 2.16. The minimum absolute atomic E-state index is 0.527. The molecule has 2 aromatic heterocycles. The molecule has 0 fully saturated rings. The lowest BCUT2D eigenvalue weighted by molar-refractivity contribution is 0.673. The number of aromatic nitrogens is 1. The lowest BCUT2D eigenvalue weighted by Crippen LogP contribution is -1.90. The van der Waals surface area contributed by atoms with Gasteiger partial charge in [0.1, 0.15) is 11.2 Å². The van der Waals surface area contributed by atoms with E-state index in [-0.39, 0.29) is 0 Å². The van der Waals surface area contributed by atoms with E-state index in [1.807, 2.05) is 12.1 Å². The topological polar surface area (TPSA) is 18.1 Å². The quantitative estimate of drug-likeness (QED) is 0.352. The third-order valence-corrected chi connectivity index (χ3v) is 5.21. The average molecular weight is 313 g/mol. The van der Waals surface area contributed by atoms with Gasteiger partial charge < -0.3 is 8.98 Å². The summed E-state index contributed by atoms with van der Waals surface area (Å²) in [5.74, 6) is 0.527. The van der Waals surface area contributed by atoms with Crippen molar-refractivity contribution in [1.82, 2.24) is 4.57 Å². The van der Waals surface area contributed by atoms with Gasteiger partial charge in [0.2, 0.25) is 0 Å². The van der Waals surface area contributed by atoms with Gasteiger partial charge in [0.25, 0.3) is 0 Å². The van der Waals surface area contributed by atoms with Crippen LogP contribution in [0.3, 0.4) is 0 Å². The van der Waals surface area contributed by atoms with E-state index >= 15 is 0 Å². The van der Waals surface area contributed by atoms with Gasteiger partial charge in [0.05, 0.1) is 10.9 Å². The van der Waals surface area contributed by atoms with Crippen LogP contribution in [0.15, 0.2) is 59.0 Å². The number of nitrogens with zero attached hydrogens (tertiary/aromatic N) is 1. The first kappa shape index (κ1) is 13.7. The Labute approximate surface area is 140 Å². The van der Waals surface area contributed by atoms with Crippen LogP contribution < -0.4 is 0 Å². The fourth-order valence-electron chi connectivity index (χ4n) is 3.84. The summed E-state index contributed by atoms with van der Waals surface area (Å²) in [6, 6.07) is 19.5. The lowest BCUT2D eigenvalue weighted by Gasteiger charge is -2.06. The van der Waals surface area contributed by atoms with E-state index in [9.17, 15) is 0 Å². The van der Waals surface area contributed by atoms with Gasteiger partial charge in [-0.15, -0.1) is 0 Å². The van der Waals surface area contributed by atoms with Crippen LogP contribution in [-0.4, -0.2) is 4.57 Å². The van der Waals surface area contributed by atoms with E-state index in [0.717, 1.165) is 11.2 Å². The molecule has 2 heterocycles. The molecule has 24 heavy (non-hydrogen) atoms. The van der Waals surface area contributed by atoms with Gasteiger partial charge in [-0.05, 0) is 35.7 Å². The molecule has 0 saturated heterocycles. The number of hydrogen-bond donors (Lipinski definition) is 0. The van der Waals surface area contributed by atoms with Crippen LogP contribution in [0.2, 0.25) is 0 Å². The van der Waals surface area contributed by atoms with Gasteiger partial charge in [0, 0.05) is 28.7 Å². The number of benzene rings is 3. The first-order chi connectivity index (χ1) is 11.6. The highest BCUT2D eigenvalue weighted by atomic mass is 16.3.